The number of nitrogens with one attached hydrogen (secondary N) is 7. The Bertz CT molecular complexity index is 2230. The Kier molecular flexibility index (Phi) is 21.4. The molecule has 7 amide bonds. The molecule has 374 valence electrons. The number of rotatable bonds is 27. The summed E-state index contributed by atoms with van der Waals surface area (Å²) in [6.07, 6.45) is 4.89. The number of thioether (sulfide) groups is 1. The van der Waals surface area contributed by atoms with Crippen LogP contribution in [0.15, 0.2) is 67.1 Å². The summed E-state index contributed by atoms with van der Waals surface area (Å²) in [5.41, 5.74) is 7.33. The predicted octanol–water partition coefficient (Wildman–Crippen LogP) is -0.640. The van der Waals surface area contributed by atoms with Gasteiger partial charge in [0.1, 0.15) is 42.0 Å². The lowest BCUT2D eigenvalue weighted by atomic mass is 9.96. The van der Waals surface area contributed by atoms with Crippen molar-refractivity contribution in [1.82, 2.24) is 46.8 Å². The summed E-state index contributed by atoms with van der Waals surface area (Å²) in [4.78, 5) is 128. The first-order valence-corrected chi connectivity index (χ1v) is 23.9. The summed E-state index contributed by atoms with van der Waals surface area (Å²) in [5, 5.41) is 44.4. The maximum absolute atomic E-state index is 14.4. The number of nitrogens with zero attached hydrogens (tertiary/aromatic N) is 2. The number of aromatic nitrogens is 2. The van der Waals surface area contributed by atoms with Gasteiger partial charge in [0, 0.05) is 37.7 Å². The number of aromatic hydroxyl groups is 1. The fraction of sp³-hybridized carbons (Fsp3) is 0.478. The number of amides is 7. The van der Waals surface area contributed by atoms with Gasteiger partial charge in [-0.25, -0.2) is 9.78 Å². The zero-order valence-electron chi connectivity index (χ0n) is 38.6. The van der Waals surface area contributed by atoms with Crippen LogP contribution in [0.3, 0.4) is 0 Å². The second-order valence-electron chi connectivity index (χ2n) is 16.7. The third-order valence-electron chi connectivity index (χ3n) is 11.5. The van der Waals surface area contributed by atoms with E-state index < -0.39 is 114 Å². The Morgan fingerprint density at radius 2 is 1.48 bits per heavy atom. The standard InChI is InChI=1S/C46H62N10O12S/c1-4-26(2)39(44(65)53-34(21-29-23-48-25-50-29)45(66)56-17-8-11-36(56)43(64)54-35(46(67)68)20-27-9-6-5-7-10-27)55-42(63)33(19-28-12-14-30(57)15-13-28)51-37(58)24-49-41(62)32(16-18-69-3)52-40(61)31(47)22-38(59)60/h5-7,9-10,12-15,23,25-26,31-36,39,57H,4,8,11,16-22,24,47H2,1-3H3,(H,48,50)(H,49,62)(H,51,58)(H,52,61)(H,53,65)(H,54,64)(H,55,63)(H,59,60)(H,67,68)/t26-,31-,32-,33-,34-,35-,36-,39-/m0/s1. The molecule has 69 heavy (non-hydrogen) atoms. The van der Waals surface area contributed by atoms with Gasteiger partial charge >= 0.3 is 11.9 Å². The molecular weight excluding hydrogens is 917 g/mol. The minimum atomic E-state index is -1.43. The average Bonchev–Trinajstić information content (AvgIpc) is 4.04. The number of phenols is 1. The largest absolute Gasteiger partial charge is 0.508 e. The molecule has 0 saturated carbocycles. The van der Waals surface area contributed by atoms with Crippen molar-refractivity contribution in [2.24, 2.45) is 11.7 Å². The lowest BCUT2D eigenvalue weighted by Crippen LogP contribution is -2.60. The van der Waals surface area contributed by atoms with Gasteiger partial charge in [0.05, 0.1) is 25.3 Å². The van der Waals surface area contributed by atoms with Crippen molar-refractivity contribution in [2.75, 3.05) is 25.1 Å². The van der Waals surface area contributed by atoms with E-state index in [1.165, 1.54) is 53.5 Å². The maximum atomic E-state index is 14.4. The molecule has 1 saturated heterocycles. The summed E-state index contributed by atoms with van der Waals surface area (Å²) < 4.78 is 0. The van der Waals surface area contributed by atoms with Crippen LogP contribution in [0, 0.1) is 5.92 Å². The van der Waals surface area contributed by atoms with Crippen LogP contribution in [-0.4, -0.2) is 151 Å². The summed E-state index contributed by atoms with van der Waals surface area (Å²) in [7, 11) is 0. The van der Waals surface area contributed by atoms with Crippen molar-refractivity contribution < 1.29 is 58.5 Å². The normalized spacial score (nSPS) is 16.3. The van der Waals surface area contributed by atoms with Crippen molar-refractivity contribution in [3.63, 3.8) is 0 Å². The van der Waals surface area contributed by atoms with Gasteiger partial charge < -0.3 is 62.8 Å². The van der Waals surface area contributed by atoms with E-state index in [2.05, 4.69) is 41.9 Å². The Morgan fingerprint density at radius 1 is 0.812 bits per heavy atom. The fourth-order valence-electron chi connectivity index (χ4n) is 7.53. The van der Waals surface area contributed by atoms with E-state index in [9.17, 15) is 53.4 Å². The molecule has 0 aliphatic carbocycles. The van der Waals surface area contributed by atoms with Crippen LogP contribution in [-0.2, 0) is 62.4 Å². The van der Waals surface area contributed by atoms with E-state index in [0.29, 0.717) is 35.4 Å². The van der Waals surface area contributed by atoms with Crippen LogP contribution in [0.2, 0.25) is 0 Å². The first-order valence-electron chi connectivity index (χ1n) is 22.5. The molecule has 12 N–H and O–H groups in total. The van der Waals surface area contributed by atoms with E-state index >= 15 is 0 Å². The Balaban J connectivity index is 1.52. The van der Waals surface area contributed by atoms with E-state index in [1.807, 2.05) is 0 Å². The zero-order valence-corrected chi connectivity index (χ0v) is 39.5. The highest BCUT2D eigenvalue weighted by molar-refractivity contribution is 7.98. The minimum absolute atomic E-state index is 0.00834. The van der Waals surface area contributed by atoms with Gasteiger partial charge in [-0.2, -0.15) is 11.8 Å². The number of carbonyl (C=O) groups excluding carboxylic acids is 7. The molecule has 22 nitrogen and oxygen atoms in total. The Labute approximate surface area is 403 Å². The molecule has 0 radical (unpaired) electrons. The van der Waals surface area contributed by atoms with Gasteiger partial charge in [-0.3, -0.25) is 38.4 Å². The van der Waals surface area contributed by atoms with Crippen molar-refractivity contribution in [3.8, 4) is 5.75 Å². The average molecular weight is 979 g/mol. The molecule has 2 aromatic carbocycles. The number of aliphatic carboxylic acids is 2. The van der Waals surface area contributed by atoms with Crippen LogP contribution >= 0.6 is 11.8 Å². The quantitative estimate of drug-likeness (QED) is 0.0453. The van der Waals surface area contributed by atoms with Crippen molar-refractivity contribution in [2.45, 2.75) is 108 Å². The zero-order chi connectivity index (χ0) is 50.6. The summed E-state index contributed by atoms with van der Waals surface area (Å²) in [6, 6.07) is 5.73. The van der Waals surface area contributed by atoms with E-state index in [1.54, 1.807) is 50.4 Å². The van der Waals surface area contributed by atoms with E-state index in [0.717, 1.165) is 0 Å². The number of imidazole rings is 1. The first kappa shape index (κ1) is 54.6. The van der Waals surface area contributed by atoms with Crippen molar-refractivity contribution >= 4 is 65.1 Å². The van der Waals surface area contributed by atoms with Gasteiger partial charge in [0.15, 0.2) is 0 Å². The monoisotopic (exact) mass is 978 g/mol. The molecule has 3 aromatic rings. The number of benzene rings is 2. The molecule has 1 fully saturated rings. The fourth-order valence-corrected chi connectivity index (χ4v) is 8.00. The molecule has 1 aromatic heterocycles. The SMILES string of the molecule is CC[C@H](C)[C@H](NC(=O)[C@H](Cc1ccc(O)cc1)NC(=O)CNC(=O)[C@H](CCSC)NC(=O)[C@@H](N)CC(=O)O)C(=O)N[C@@H](Cc1cnc[nH]1)C(=O)N1CCC[C@H]1C(=O)N[C@@H](Cc1ccccc1)C(=O)O. The van der Waals surface area contributed by atoms with Gasteiger partial charge in [-0.05, 0) is 60.4 Å². The van der Waals surface area contributed by atoms with Crippen molar-refractivity contribution in [3.05, 3.63) is 83.9 Å². The van der Waals surface area contributed by atoms with Gasteiger partial charge in [-0.15, -0.1) is 0 Å². The molecular formula is C46H62N10O12S. The molecule has 0 unspecified atom stereocenters. The Hall–Kier alpha value is -7.01. The van der Waals surface area contributed by atoms with E-state index in [4.69, 9.17) is 10.8 Å². The predicted molar refractivity (Wildman–Crippen MR) is 252 cm³/mol. The number of carboxylic acid groups (broad SMARTS) is 2. The topological polar surface area (TPSA) is 344 Å². The molecule has 1 aliphatic rings. The second kappa shape index (κ2) is 27.1. The molecule has 23 heteroatoms. The third kappa shape index (κ3) is 17.2. The number of aromatic amines is 1. The van der Waals surface area contributed by atoms with Gasteiger partial charge in [-0.1, -0.05) is 62.7 Å². The smallest absolute Gasteiger partial charge is 0.326 e. The van der Waals surface area contributed by atoms with Crippen LogP contribution in [0.25, 0.3) is 0 Å². The summed E-state index contributed by atoms with van der Waals surface area (Å²) in [6.45, 7) is 2.97. The lowest BCUT2D eigenvalue weighted by molar-refractivity contribution is -0.145. The molecule has 1 aliphatic heterocycles. The molecule has 8 atom stereocenters. The molecule has 0 spiro atoms. The number of H-pyrrole nitrogens is 1. The van der Waals surface area contributed by atoms with Crippen molar-refractivity contribution in [1.29, 1.82) is 0 Å². The van der Waals surface area contributed by atoms with Gasteiger partial charge in [0.2, 0.25) is 41.4 Å². The first-order chi connectivity index (χ1) is 32.9. The highest BCUT2D eigenvalue weighted by Gasteiger charge is 2.40. The highest BCUT2D eigenvalue weighted by atomic mass is 32.2. The maximum Gasteiger partial charge on any atom is 0.326 e. The number of hydrogen-bond acceptors (Lipinski definition) is 13. The third-order valence-corrected chi connectivity index (χ3v) is 12.2. The van der Waals surface area contributed by atoms with Crippen LogP contribution < -0.4 is 37.6 Å². The van der Waals surface area contributed by atoms with Crippen LogP contribution in [0.5, 0.6) is 5.75 Å². The van der Waals surface area contributed by atoms with Crippen LogP contribution in [0.4, 0.5) is 0 Å². The lowest BCUT2D eigenvalue weighted by Gasteiger charge is -2.31. The van der Waals surface area contributed by atoms with Crippen LogP contribution in [0.1, 0.15) is 62.8 Å². The summed E-state index contributed by atoms with van der Waals surface area (Å²) >= 11 is 1.38. The van der Waals surface area contributed by atoms with Gasteiger partial charge in [0.25, 0.3) is 0 Å². The number of nitrogens with two attached hydrogens (primary N) is 1. The highest BCUT2D eigenvalue weighted by Crippen LogP contribution is 2.21. The number of phenolic OH excluding ortho intramolecular Hbond substituents is 1. The molecule has 0 bridgehead atoms. The Morgan fingerprint density at radius 3 is 2.10 bits per heavy atom. The second-order valence-corrected chi connectivity index (χ2v) is 17.7. The number of hydrogen-bond donors (Lipinski definition) is 11. The minimum Gasteiger partial charge on any atom is -0.508 e. The molecule has 2 heterocycles. The molecule has 4 rings (SSSR count). The number of carbonyl (C=O) groups is 9. The number of carboxylic acids is 2. The summed E-state index contributed by atoms with van der Waals surface area (Å²) in [5.74, 6) is -8.07. The van der Waals surface area contributed by atoms with E-state index in [-0.39, 0.29) is 44.4 Å². The number of likely N-dealkylation sites (tertiary alicyclic amines) is 1.